The molecular weight excluding hydrogens is 310 g/mol. The molecule has 0 aliphatic heterocycles. The molecule has 4 nitrogen and oxygen atoms in total. The van der Waals surface area contributed by atoms with Gasteiger partial charge in [-0.15, -0.1) is 0 Å². The van der Waals surface area contributed by atoms with Crippen molar-refractivity contribution in [1.29, 1.82) is 0 Å². The predicted octanol–water partition coefficient (Wildman–Crippen LogP) is 2.78. The van der Waals surface area contributed by atoms with Gasteiger partial charge >= 0.3 is 5.97 Å². The van der Waals surface area contributed by atoms with Crippen LogP contribution < -0.4 is 5.56 Å². The van der Waals surface area contributed by atoms with Crippen molar-refractivity contribution in [3.05, 3.63) is 63.0 Å². The molecule has 1 aromatic carbocycles. The second-order valence-electron chi connectivity index (χ2n) is 3.83. The summed E-state index contributed by atoms with van der Waals surface area (Å²) >= 11 is 3.35. The summed E-state index contributed by atoms with van der Waals surface area (Å²) in [6, 6.07) is 10.1. The highest BCUT2D eigenvalue weighted by Crippen LogP contribution is 2.14. The molecule has 0 aliphatic carbocycles. The van der Waals surface area contributed by atoms with E-state index in [1.54, 1.807) is 19.1 Å². The molecule has 98 valence electrons. The van der Waals surface area contributed by atoms with E-state index in [0.717, 1.165) is 4.47 Å². The molecular formula is C14H12BrNO3. The molecule has 2 aromatic rings. The van der Waals surface area contributed by atoms with Gasteiger partial charge in [0.2, 0.25) is 0 Å². The van der Waals surface area contributed by atoms with E-state index < -0.39 is 5.97 Å². The summed E-state index contributed by atoms with van der Waals surface area (Å²) in [4.78, 5) is 23.5. The lowest BCUT2D eigenvalue weighted by molar-refractivity contribution is 0.0525. The fourth-order valence-electron chi connectivity index (χ4n) is 1.65. The van der Waals surface area contributed by atoms with Gasteiger partial charge < -0.3 is 4.74 Å². The Balaban J connectivity index is 2.48. The molecule has 19 heavy (non-hydrogen) atoms. The summed E-state index contributed by atoms with van der Waals surface area (Å²) in [5.41, 5.74) is 0.832. The number of nitrogens with zero attached hydrogens (tertiary/aromatic N) is 1. The van der Waals surface area contributed by atoms with Gasteiger partial charge in [0.15, 0.2) is 0 Å². The van der Waals surface area contributed by atoms with E-state index in [0.29, 0.717) is 17.9 Å². The number of benzene rings is 1. The van der Waals surface area contributed by atoms with Gasteiger partial charge in [0.1, 0.15) is 0 Å². The summed E-state index contributed by atoms with van der Waals surface area (Å²) in [6.07, 6.45) is 1.49. The first-order valence-corrected chi connectivity index (χ1v) is 6.57. The van der Waals surface area contributed by atoms with E-state index in [-0.39, 0.29) is 5.56 Å². The average molecular weight is 322 g/mol. The van der Waals surface area contributed by atoms with Crippen LogP contribution in [0.3, 0.4) is 0 Å². The van der Waals surface area contributed by atoms with Crippen LogP contribution in [0.25, 0.3) is 5.69 Å². The van der Waals surface area contributed by atoms with Crippen LogP contribution in [0.15, 0.2) is 51.9 Å². The maximum atomic E-state index is 11.9. The van der Waals surface area contributed by atoms with Gasteiger partial charge in [-0.25, -0.2) is 4.79 Å². The Labute approximate surface area is 118 Å². The van der Waals surface area contributed by atoms with E-state index in [1.165, 1.54) is 22.9 Å². The van der Waals surface area contributed by atoms with Crippen LogP contribution in [0.4, 0.5) is 0 Å². The lowest BCUT2D eigenvalue weighted by Crippen LogP contribution is -2.19. The van der Waals surface area contributed by atoms with Crippen molar-refractivity contribution in [1.82, 2.24) is 4.57 Å². The lowest BCUT2D eigenvalue weighted by Gasteiger charge is -2.08. The van der Waals surface area contributed by atoms with Crippen molar-refractivity contribution < 1.29 is 9.53 Å². The van der Waals surface area contributed by atoms with Crippen LogP contribution in [0, 0.1) is 0 Å². The fraction of sp³-hybridized carbons (Fsp3) is 0.143. The van der Waals surface area contributed by atoms with Crippen LogP contribution in [0.2, 0.25) is 0 Å². The Morgan fingerprint density at radius 1 is 1.32 bits per heavy atom. The predicted molar refractivity (Wildman–Crippen MR) is 75.7 cm³/mol. The normalized spacial score (nSPS) is 10.2. The number of halogens is 1. The largest absolute Gasteiger partial charge is 0.462 e. The van der Waals surface area contributed by atoms with Gasteiger partial charge in [-0.2, -0.15) is 0 Å². The molecule has 0 fully saturated rings. The van der Waals surface area contributed by atoms with E-state index in [4.69, 9.17) is 4.74 Å². The molecule has 0 bridgehead atoms. The van der Waals surface area contributed by atoms with E-state index >= 15 is 0 Å². The first-order chi connectivity index (χ1) is 9.11. The number of carbonyl (C=O) groups excluding carboxylic acids is 1. The number of hydrogen-bond acceptors (Lipinski definition) is 3. The highest BCUT2D eigenvalue weighted by Gasteiger charge is 2.09. The molecule has 0 saturated heterocycles. The first-order valence-electron chi connectivity index (χ1n) is 5.77. The van der Waals surface area contributed by atoms with Gasteiger partial charge in [0.25, 0.3) is 5.56 Å². The third kappa shape index (κ3) is 3.12. The number of esters is 1. The van der Waals surface area contributed by atoms with Crippen molar-refractivity contribution >= 4 is 21.9 Å². The monoisotopic (exact) mass is 321 g/mol. The minimum absolute atomic E-state index is 0.203. The van der Waals surface area contributed by atoms with Crippen molar-refractivity contribution in [2.24, 2.45) is 0 Å². The second kappa shape index (κ2) is 5.84. The molecule has 0 radical (unpaired) electrons. The smallest absolute Gasteiger partial charge is 0.339 e. The van der Waals surface area contributed by atoms with Gasteiger partial charge in [-0.1, -0.05) is 22.0 Å². The van der Waals surface area contributed by atoms with Crippen LogP contribution >= 0.6 is 15.9 Å². The zero-order valence-electron chi connectivity index (χ0n) is 10.3. The molecule has 0 saturated carbocycles. The molecule has 5 heteroatoms. The maximum absolute atomic E-state index is 11.9. The van der Waals surface area contributed by atoms with Gasteiger partial charge in [-0.05, 0) is 31.2 Å². The van der Waals surface area contributed by atoms with E-state index in [2.05, 4.69) is 15.9 Å². The SMILES string of the molecule is CCOC(=O)c1ccc(=O)n(-c2cccc(Br)c2)c1. The number of ether oxygens (including phenoxy) is 1. The molecule has 0 N–H and O–H groups in total. The van der Waals surface area contributed by atoms with Crippen molar-refractivity contribution in [2.45, 2.75) is 6.92 Å². The van der Waals surface area contributed by atoms with Gasteiger partial charge in [-0.3, -0.25) is 9.36 Å². The average Bonchev–Trinajstić information content (AvgIpc) is 2.39. The lowest BCUT2D eigenvalue weighted by atomic mass is 10.2. The van der Waals surface area contributed by atoms with Crippen molar-refractivity contribution in [3.8, 4) is 5.69 Å². The third-order valence-electron chi connectivity index (χ3n) is 2.51. The van der Waals surface area contributed by atoms with E-state index in [9.17, 15) is 9.59 Å². The Morgan fingerprint density at radius 3 is 2.79 bits per heavy atom. The minimum Gasteiger partial charge on any atom is -0.462 e. The molecule has 0 spiro atoms. The Bertz CT molecular complexity index is 664. The number of carbonyl (C=O) groups is 1. The Morgan fingerprint density at radius 2 is 2.11 bits per heavy atom. The Kier molecular flexibility index (Phi) is 4.16. The van der Waals surface area contributed by atoms with Gasteiger partial charge in [0, 0.05) is 22.4 Å². The fourth-order valence-corrected chi connectivity index (χ4v) is 2.04. The van der Waals surface area contributed by atoms with Crippen LogP contribution in [0.1, 0.15) is 17.3 Å². The van der Waals surface area contributed by atoms with Crippen LogP contribution in [0.5, 0.6) is 0 Å². The zero-order chi connectivity index (χ0) is 13.8. The number of aromatic nitrogens is 1. The number of hydrogen-bond donors (Lipinski definition) is 0. The quantitative estimate of drug-likeness (QED) is 0.817. The summed E-state index contributed by atoms with van der Waals surface area (Å²) in [6.45, 7) is 2.04. The zero-order valence-corrected chi connectivity index (χ0v) is 11.9. The molecule has 0 atom stereocenters. The Hall–Kier alpha value is -1.88. The van der Waals surface area contributed by atoms with Crippen molar-refractivity contribution in [2.75, 3.05) is 6.61 Å². The molecule has 1 heterocycles. The third-order valence-corrected chi connectivity index (χ3v) is 3.00. The first kappa shape index (κ1) is 13.5. The summed E-state index contributed by atoms with van der Waals surface area (Å²) in [7, 11) is 0. The number of pyridine rings is 1. The van der Waals surface area contributed by atoms with Crippen LogP contribution in [-0.2, 0) is 4.74 Å². The highest BCUT2D eigenvalue weighted by atomic mass is 79.9. The summed E-state index contributed by atoms with van der Waals surface area (Å²) in [5, 5.41) is 0. The molecule has 0 unspecified atom stereocenters. The molecule has 0 amide bonds. The molecule has 1 aromatic heterocycles. The standard InChI is InChI=1S/C14H12BrNO3/c1-2-19-14(18)10-6-7-13(17)16(9-10)12-5-3-4-11(15)8-12/h3-9H,2H2,1H3. The molecule has 2 rings (SSSR count). The second-order valence-corrected chi connectivity index (χ2v) is 4.74. The van der Waals surface area contributed by atoms with E-state index in [1.807, 2.05) is 12.1 Å². The maximum Gasteiger partial charge on any atom is 0.339 e. The highest BCUT2D eigenvalue weighted by molar-refractivity contribution is 9.10. The van der Waals surface area contributed by atoms with Crippen molar-refractivity contribution in [3.63, 3.8) is 0 Å². The van der Waals surface area contributed by atoms with Gasteiger partial charge in [0.05, 0.1) is 12.2 Å². The molecule has 0 aliphatic rings. The summed E-state index contributed by atoms with van der Waals surface area (Å²) < 4.78 is 7.19. The number of rotatable bonds is 3. The topological polar surface area (TPSA) is 48.3 Å². The van der Waals surface area contributed by atoms with Crippen LogP contribution in [-0.4, -0.2) is 17.1 Å². The summed E-state index contributed by atoms with van der Waals surface area (Å²) in [5.74, 6) is -0.439. The minimum atomic E-state index is -0.439.